The highest BCUT2D eigenvalue weighted by Gasteiger charge is 2.11. The van der Waals surface area contributed by atoms with Gasteiger partial charge >= 0.3 is 0 Å². The smallest absolute Gasteiger partial charge is 0.296 e. The number of hydrogen-bond acceptors (Lipinski definition) is 2. The molecule has 3 nitrogen and oxygen atoms in total. The molecule has 31 heavy (non-hydrogen) atoms. The van der Waals surface area contributed by atoms with Crippen LogP contribution < -0.4 is 5.32 Å². The van der Waals surface area contributed by atoms with Crippen molar-refractivity contribution in [3.05, 3.63) is 94.5 Å². The number of carbonyl (C=O) groups is 1. The summed E-state index contributed by atoms with van der Waals surface area (Å²) in [5.74, 6) is 5.36. The number of hydrogen-bond donors (Lipinski definition) is 1. The lowest BCUT2D eigenvalue weighted by molar-refractivity contribution is -0.115. The number of rotatable bonds is 5. The standard InChI is InChI=1S/C27H25ClN2O/c28-26-14-12-25(13-15-26)24-10-7-22(8-11-24)19-29-27(31)16-9-21-3-5-23(6-4-21)20-30-17-1-2-18-30/h3-8,10-15H,1-2,17-20H2,(H,29,31). The number of amides is 1. The fraction of sp³-hybridized carbons (Fsp3) is 0.222. The van der Waals surface area contributed by atoms with E-state index in [9.17, 15) is 4.79 Å². The number of halogens is 1. The molecule has 1 aliphatic rings. The lowest BCUT2D eigenvalue weighted by atomic mass is 10.0. The fourth-order valence-corrected chi connectivity index (χ4v) is 3.83. The van der Waals surface area contributed by atoms with Crippen molar-refractivity contribution in [1.29, 1.82) is 0 Å². The number of nitrogens with zero attached hydrogens (tertiary/aromatic N) is 1. The van der Waals surface area contributed by atoms with Crippen LogP contribution in [0.15, 0.2) is 72.8 Å². The SMILES string of the molecule is O=C(C#Cc1ccc(CN2CCCC2)cc1)NCc1ccc(-c2ccc(Cl)cc2)cc1. The van der Waals surface area contributed by atoms with Gasteiger partial charge in [-0.05, 0) is 72.5 Å². The quantitative estimate of drug-likeness (QED) is 0.561. The summed E-state index contributed by atoms with van der Waals surface area (Å²) >= 11 is 5.94. The first-order valence-electron chi connectivity index (χ1n) is 10.6. The first kappa shape index (κ1) is 21.2. The Labute approximate surface area is 189 Å². The van der Waals surface area contributed by atoms with Crippen LogP contribution in [-0.2, 0) is 17.9 Å². The molecule has 1 N–H and O–H groups in total. The molecule has 0 bridgehead atoms. The molecule has 1 aliphatic heterocycles. The van der Waals surface area contributed by atoms with Gasteiger partial charge in [0.1, 0.15) is 0 Å². The van der Waals surface area contributed by atoms with E-state index in [1.807, 2.05) is 60.7 Å². The van der Waals surface area contributed by atoms with Gasteiger partial charge in [-0.3, -0.25) is 9.69 Å². The topological polar surface area (TPSA) is 32.3 Å². The molecule has 3 aromatic rings. The van der Waals surface area contributed by atoms with Crippen molar-refractivity contribution in [1.82, 2.24) is 10.2 Å². The van der Waals surface area contributed by atoms with E-state index in [1.54, 1.807) is 0 Å². The van der Waals surface area contributed by atoms with Crippen LogP contribution in [-0.4, -0.2) is 23.9 Å². The van der Waals surface area contributed by atoms with E-state index in [0.29, 0.717) is 6.54 Å². The van der Waals surface area contributed by atoms with Crippen LogP contribution in [0.2, 0.25) is 5.02 Å². The van der Waals surface area contributed by atoms with Gasteiger partial charge < -0.3 is 5.32 Å². The van der Waals surface area contributed by atoms with Crippen LogP contribution in [0.4, 0.5) is 0 Å². The maximum atomic E-state index is 12.1. The molecule has 0 spiro atoms. The summed E-state index contributed by atoms with van der Waals surface area (Å²) in [7, 11) is 0. The highest BCUT2D eigenvalue weighted by molar-refractivity contribution is 6.30. The fourth-order valence-electron chi connectivity index (χ4n) is 3.71. The Morgan fingerprint density at radius 1 is 0.839 bits per heavy atom. The van der Waals surface area contributed by atoms with E-state index in [4.69, 9.17) is 11.6 Å². The summed E-state index contributed by atoms with van der Waals surface area (Å²) in [6.07, 6.45) is 2.59. The second-order valence-corrected chi connectivity index (χ2v) is 8.25. The molecule has 0 radical (unpaired) electrons. The summed E-state index contributed by atoms with van der Waals surface area (Å²) in [6, 6.07) is 24.0. The maximum Gasteiger partial charge on any atom is 0.296 e. The van der Waals surface area contributed by atoms with Gasteiger partial charge in [-0.1, -0.05) is 66.1 Å². The van der Waals surface area contributed by atoms with E-state index in [0.717, 1.165) is 33.8 Å². The third kappa shape index (κ3) is 6.21. The highest BCUT2D eigenvalue weighted by atomic mass is 35.5. The minimum Gasteiger partial charge on any atom is -0.341 e. The zero-order valence-electron chi connectivity index (χ0n) is 17.4. The first-order chi connectivity index (χ1) is 15.2. The second kappa shape index (κ2) is 10.3. The molecule has 1 heterocycles. The molecule has 1 saturated heterocycles. The Bertz CT molecular complexity index is 1070. The number of benzene rings is 3. The average molecular weight is 429 g/mol. The van der Waals surface area contributed by atoms with Gasteiger partial charge in [0, 0.05) is 29.6 Å². The summed E-state index contributed by atoms with van der Waals surface area (Å²) in [5.41, 5.74) is 5.39. The van der Waals surface area contributed by atoms with Crippen molar-refractivity contribution in [3.63, 3.8) is 0 Å². The minimum absolute atomic E-state index is 0.275. The largest absolute Gasteiger partial charge is 0.341 e. The van der Waals surface area contributed by atoms with Crippen molar-refractivity contribution in [2.45, 2.75) is 25.9 Å². The Morgan fingerprint density at radius 3 is 2.06 bits per heavy atom. The molecular weight excluding hydrogens is 404 g/mol. The van der Waals surface area contributed by atoms with Crippen molar-refractivity contribution in [2.75, 3.05) is 13.1 Å². The first-order valence-corrected chi connectivity index (χ1v) is 11.0. The lowest BCUT2D eigenvalue weighted by Crippen LogP contribution is -2.20. The molecule has 156 valence electrons. The number of carbonyl (C=O) groups excluding carboxylic acids is 1. The Hall–Kier alpha value is -3.06. The molecule has 0 aromatic heterocycles. The van der Waals surface area contributed by atoms with Crippen LogP contribution in [0, 0.1) is 11.8 Å². The van der Waals surface area contributed by atoms with Crippen molar-refractivity contribution >= 4 is 17.5 Å². The third-order valence-electron chi connectivity index (χ3n) is 5.46. The monoisotopic (exact) mass is 428 g/mol. The van der Waals surface area contributed by atoms with Gasteiger partial charge in [0.2, 0.25) is 0 Å². The van der Waals surface area contributed by atoms with Crippen LogP contribution in [0.25, 0.3) is 11.1 Å². The van der Waals surface area contributed by atoms with Crippen LogP contribution in [0.1, 0.15) is 29.5 Å². The van der Waals surface area contributed by atoms with Gasteiger partial charge in [-0.2, -0.15) is 0 Å². The average Bonchev–Trinajstić information content (AvgIpc) is 3.31. The van der Waals surface area contributed by atoms with Gasteiger partial charge in [0.05, 0.1) is 0 Å². The predicted molar refractivity (Wildman–Crippen MR) is 127 cm³/mol. The molecule has 0 aliphatic carbocycles. The zero-order chi connectivity index (χ0) is 21.5. The summed E-state index contributed by atoms with van der Waals surface area (Å²) < 4.78 is 0. The van der Waals surface area contributed by atoms with E-state index >= 15 is 0 Å². The summed E-state index contributed by atoms with van der Waals surface area (Å²) in [4.78, 5) is 14.6. The molecule has 3 aromatic carbocycles. The highest BCUT2D eigenvalue weighted by Crippen LogP contribution is 2.21. The van der Waals surface area contributed by atoms with E-state index in [2.05, 4.69) is 34.2 Å². The minimum atomic E-state index is -0.275. The summed E-state index contributed by atoms with van der Waals surface area (Å²) in [5, 5.41) is 3.58. The van der Waals surface area contributed by atoms with Crippen molar-refractivity contribution in [3.8, 4) is 23.0 Å². The molecule has 0 saturated carbocycles. The molecule has 0 atom stereocenters. The van der Waals surface area contributed by atoms with Gasteiger partial charge in [-0.15, -0.1) is 0 Å². The maximum absolute atomic E-state index is 12.1. The van der Waals surface area contributed by atoms with Crippen LogP contribution in [0.5, 0.6) is 0 Å². The van der Waals surface area contributed by atoms with E-state index in [1.165, 1.54) is 31.5 Å². The molecule has 0 unspecified atom stereocenters. The molecule has 1 fully saturated rings. The Balaban J connectivity index is 1.27. The van der Waals surface area contributed by atoms with Gasteiger partial charge in [0.25, 0.3) is 5.91 Å². The molecule has 4 heteroatoms. The van der Waals surface area contributed by atoms with E-state index < -0.39 is 0 Å². The predicted octanol–water partition coefficient (Wildman–Crippen LogP) is 5.27. The molecule has 4 rings (SSSR count). The number of nitrogens with one attached hydrogen (secondary N) is 1. The second-order valence-electron chi connectivity index (χ2n) is 7.82. The lowest BCUT2D eigenvalue weighted by Gasteiger charge is -2.14. The van der Waals surface area contributed by atoms with Gasteiger partial charge in [-0.25, -0.2) is 0 Å². The molecule has 1 amide bonds. The normalized spacial score (nSPS) is 13.5. The van der Waals surface area contributed by atoms with Crippen LogP contribution >= 0.6 is 11.6 Å². The Kier molecular flexibility index (Phi) is 7.04. The van der Waals surface area contributed by atoms with Gasteiger partial charge in [0.15, 0.2) is 0 Å². The van der Waals surface area contributed by atoms with E-state index in [-0.39, 0.29) is 5.91 Å². The Morgan fingerprint density at radius 2 is 1.42 bits per heavy atom. The summed E-state index contributed by atoms with van der Waals surface area (Å²) in [6.45, 7) is 3.81. The van der Waals surface area contributed by atoms with Crippen molar-refractivity contribution < 1.29 is 4.79 Å². The zero-order valence-corrected chi connectivity index (χ0v) is 18.2. The molecular formula is C27H25ClN2O. The van der Waals surface area contributed by atoms with Crippen LogP contribution in [0.3, 0.4) is 0 Å². The number of likely N-dealkylation sites (tertiary alicyclic amines) is 1. The third-order valence-corrected chi connectivity index (χ3v) is 5.72. The van der Waals surface area contributed by atoms with Crippen molar-refractivity contribution in [2.24, 2.45) is 0 Å².